The van der Waals surface area contributed by atoms with Gasteiger partial charge >= 0.3 is 0 Å². The molecule has 0 aromatic heterocycles. The van der Waals surface area contributed by atoms with Crippen LogP contribution in [0.4, 0.5) is 0 Å². The lowest BCUT2D eigenvalue weighted by molar-refractivity contribution is -0.114. The van der Waals surface area contributed by atoms with Gasteiger partial charge < -0.3 is 10.2 Å². The smallest absolute Gasteiger partial charge is 0.165 e. The monoisotopic (exact) mass is 542 g/mol. The lowest BCUT2D eigenvalue weighted by Gasteiger charge is -2.25. The molecule has 6 nitrogen and oxygen atoms in total. The number of ketones is 2. The van der Waals surface area contributed by atoms with E-state index in [-0.39, 0.29) is 46.3 Å². The van der Waals surface area contributed by atoms with Gasteiger partial charge in [0.15, 0.2) is 11.6 Å². The summed E-state index contributed by atoms with van der Waals surface area (Å²) in [6.45, 7) is 14.5. The first kappa shape index (κ1) is 30.7. The zero-order valence-corrected chi connectivity index (χ0v) is 25.1. The molecule has 0 radical (unpaired) electrons. The number of allylic oxidation sites excluding steroid dienone is 2. The van der Waals surface area contributed by atoms with E-state index >= 15 is 0 Å². The highest BCUT2D eigenvalue weighted by Crippen LogP contribution is 2.29. The van der Waals surface area contributed by atoms with E-state index in [0.717, 1.165) is 59.1 Å². The van der Waals surface area contributed by atoms with Crippen molar-refractivity contribution in [1.82, 2.24) is 0 Å². The first-order valence-corrected chi connectivity index (χ1v) is 13.9. The topological polar surface area (TPSA) is 99.3 Å². The van der Waals surface area contributed by atoms with E-state index in [0.29, 0.717) is 11.1 Å². The van der Waals surface area contributed by atoms with Crippen LogP contribution in [0.1, 0.15) is 84.0 Å². The molecule has 212 valence electrons. The maximum absolute atomic E-state index is 12.6. The molecule has 0 bridgehead atoms. The first-order chi connectivity index (χ1) is 18.8. The van der Waals surface area contributed by atoms with Crippen LogP contribution in [0.2, 0.25) is 0 Å². The van der Waals surface area contributed by atoms with Crippen molar-refractivity contribution in [2.24, 2.45) is 9.98 Å². The average Bonchev–Trinajstić information content (AvgIpc) is 2.83. The Kier molecular flexibility index (Phi) is 10.0. The fourth-order valence-electron chi connectivity index (χ4n) is 5.79. The van der Waals surface area contributed by atoms with Gasteiger partial charge in [0.05, 0.1) is 23.2 Å². The van der Waals surface area contributed by atoms with E-state index in [1.54, 1.807) is 0 Å². The van der Waals surface area contributed by atoms with Crippen molar-refractivity contribution in [3.8, 4) is 0 Å². The summed E-state index contributed by atoms with van der Waals surface area (Å²) >= 11 is 0. The third kappa shape index (κ3) is 7.04. The molecule has 1 aliphatic carbocycles. The van der Waals surface area contributed by atoms with Gasteiger partial charge in [-0.2, -0.15) is 0 Å². The van der Waals surface area contributed by atoms with Crippen LogP contribution in [-0.4, -0.2) is 46.3 Å². The SMILES string of the molecule is CC(=O)C(C=N[C@H]1CCCC[C@@H]1N=CC(C(C)=O)=C(O)c1c(C)cc(C)cc1C)=C(O)c1c(C)cc(C)cc1C. The molecule has 1 saturated carbocycles. The Morgan fingerprint density at radius 3 is 1.23 bits per heavy atom. The molecule has 40 heavy (non-hydrogen) atoms. The van der Waals surface area contributed by atoms with Crippen molar-refractivity contribution in [2.75, 3.05) is 0 Å². The van der Waals surface area contributed by atoms with Crippen molar-refractivity contribution in [3.05, 3.63) is 79.9 Å². The quantitative estimate of drug-likeness (QED) is 0.206. The molecule has 2 aromatic rings. The second kappa shape index (κ2) is 13.0. The fourth-order valence-corrected chi connectivity index (χ4v) is 5.79. The van der Waals surface area contributed by atoms with Gasteiger partial charge in [-0.15, -0.1) is 0 Å². The Hall–Kier alpha value is -3.80. The molecule has 0 heterocycles. The van der Waals surface area contributed by atoms with Crippen LogP contribution in [-0.2, 0) is 9.59 Å². The molecule has 0 aliphatic heterocycles. The summed E-state index contributed by atoms with van der Waals surface area (Å²) in [6, 6.07) is 7.49. The lowest BCUT2D eigenvalue weighted by Crippen LogP contribution is -2.27. The minimum atomic E-state index is -0.271. The average molecular weight is 543 g/mol. The Morgan fingerprint density at radius 1 is 0.650 bits per heavy atom. The second-order valence-corrected chi connectivity index (χ2v) is 11.2. The number of rotatable bonds is 8. The van der Waals surface area contributed by atoms with E-state index in [1.165, 1.54) is 26.3 Å². The molecular weight excluding hydrogens is 500 g/mol. The van der Waals surface area contributed by atoms with Gasteiger partial charge in [0, 0.05) is 23.6 Å². The van der Waals surface area contributed by atoms with Crippen LogP contribution in [0.15, 0.2) is 45.4 Å². The van der Waals surface area contributed by atoms with E-state index in [9.17, 15) is 19.8 Å². The molecule has 2 N–H and O–H groups in total. The van der Waals surface area contributed by atoms with Crippen molar-refractivity contribution in [3.63, 3.8) is 0 Å². The molecule has 1 fully saturated rings. The van der Waals surface area contributed by atoms with Gasteiger partial charge in [-0.3, -0.25) is 19.6 Å². The summed E-state index contributed by atoms with van der Waals surface area (Å²) < 4.78 is 0. The number of Topliss-reactive ketones (excluding diaryl/α,β-unsaturated/α-hetero) is 2. The Labute approximate surface area is 238 Å². The zero-order valence-electron chi connectivity index (χ0n) is 25.1. The number of aliphatic hydroxyl groups excluding tert-OH is 2. The number of carbonyl (C=O) groups is 2. The molecule has 0 spiro atoms. The number of hydrogen-bond donors (Lipinski definition) is 2. The van der Waals surface area contributed by atoms with Gasteiger partial charge in [-0.05, 0) is 90.5 Å². The number of hydrogen-bond acceptors (Lipinski definition) is 6. The zero-order chi connectivity index (χ0) is 29.7. The standard InChI is InChI=1S/C34H42N2O4/c1-19-13-21(3)31(22(4)14-19)33(39)27(25(7)37)17-35-29-11-9-10-12-30(29)36-18-28(26(8)38)34(40)32-23(5)15-20(2)16-24(32)6/h13-18,29-30,39-40H,9-12H2,1-8H3/t29-,30-/m0/s1. The number of aliphatic imine (C=N–C) groups is 2. The Balaban J connectivity index is 1.98. The maximum Gasteiger partial charge on any atom is 0.165 e. The molecule has 0 unspecified atom stereocenters. The number of nitrogens with zero attached hydrogens (tertiary/aromatic N) is 2. The summed E-state index contributed by atoms with van der Waals surface area (Å²) in [4.78, 5) is 34.6. The molecule has 2 atom stereocenters. The summed E-state index contributed by atoms with van der Waals surface area (Å²) in [5, 5.41) is 22.3. The predicted octanol–water partition coefficient (Wildman–Crippen LogP) is 7.41. The van der Waals surface area contributed by atoms with Crippen molar-refractivity contribution in [1.29, 1.82) is 0 Å². The Bertz CT molecular complexity index is 1290. The van der Waals surface area contributed by atoms with Crippen LogP contribution < -0.4 is 0 Å². The van der Waals surface area contributed by atoms with Crippen LogP contribution in [0.25, 0.3) is 11.5 Å². The van der Waals surface area contributed by atoms with Gasteiger partial charge in [0.25, 0.3) is 0 Å². The van der Waals surface area contributed by atoms with Crippen LogP contribution in [0.5, 0.6) is 0 Å². The third-order valence-electron chi connectivity index (χ3n) is 7.58. The van der Waals surface area contributed by atoms with Crippen LogP contribution >= 0.6 is 0 Å². The van der Waals surface area contributed by atoms with Crippen molar-refractivity contribution < 1.29 is 19.8 Å². The van der Waals surface area contributed by atoms with Crippen LogP contribution in [0, 0.1) is 41.5 Å². The van der Waals surface area contributed by atoms with E-state index in [2.05, 4.69) is 0 Å². The Morgan fingerprint density at radius 2 is 0.950 bits per heavy atom. The summed E-state index contributed by atoms with van der Waals surface area (Å²) in [5.41, 5.74) is 7.37. The summed E-state index contributed by atoms with van der Waals surface area (Å²) in [6.07, 6.45) is 6.44. The molecule has 1 aliphatic rings. The van der Waals surface area contributed by atoms with Gasteiger partial charge in [-0.1, -0.05) is 48.2 Å². The molecule has 0 saturated heterocycles. The minimum Gasteiger partial charge on any atom is -0.506 e. The normalized spacial score (nSPS) is 19.1. The fraction of sp³-hybridized carbons (Fsp3) is 0.412. The van der Waals surface area contributed by atoms with Crippen molar-refractivity contribution >= 4 is 35.5 Å². The van der Waals surface area contributed by atoms with E-state index < -0.39 is 0 Å². The molecule has 0 amide bonds. The number of benzene rings is 2. The minimum absolute atomic E-state index is 0.0716. The highest BCUT2D eigenvalue weighted by Gasteiger charge is 2.25. The van der Waals surface area contributed by atoms with Gasteiger partial charge in [-0.25, -0.2) is 0 Å². The van der Waals surface area contributed by atoms with E-state index in [1.807, 2.05) is 65.8 Å². The highest BCUT2D eigenvalue weighted by molar-refractivity contribution is 6.18. The third-order valence-corrected chi connectivity index (χ3v) is 7.58. The summed E-state index contributed by atoms with van der Waals surface area (Å²) in [5.74, 6) is -0.686. The van der Waals surface area contributed by atoms with Crippen LogP contribution in [0.3, 0.4) is 0 Å². The predicted molar refractivity (Wildman–Crippen MR) is 165 cm³/mol. The highest BCUT2D eigenvalue weighted by atomic mass is 16.3. The molecular formula is C34H42N2O4. The molecule has 2 aromatic carbocycles. The van der Waals surface area contributed by atoms with E-state index in [4.69, 9.17) is 9.98 Å². The number of aryl methyl sites for hydroxylation is 6. The number of aliphatic hydroxyl groups is 2. The lowest BCUT2D eigenvalue weighted by atomic mass is 9.90. The first-order valence-electron chi connectivity index (χ1n) is 13.9. The van der Waals surface area contributed by atoms with Crippen molar-refractivity contribution in [2.45, 2.75) is 93.2 Å². The largest absolute Gasteiger partial charge is 0.506 e. The molecule has 3 rings (SSSR count). The summed E-state index contributed by atoms with van der Waals surface area (Å²) in [7, 11) is 0. The van der Waals surface area contributed by atoms with Gasteiger partial charge in [0.1, 0.15) is 11.5 Å². The maximum atomic E-state index is 12.6. The van der Waals surface area contributed by atoms with Gasteiger partial charge in [0.2, 0.25) is 0 Å². The second-order valence-electron chi connectivity index (χ2n) is 11.2. The molecule has 6 heteroatoms. The number of carbonyl (C=O) groups excluding carboxylic acids is 2.